The first-order valence-corrected chi connectivity index (χ1v) is 9.27. The minimum absolute atomic E-state index is 0.0252. The number of hydrogen-bond donors (Lipinski definition) is 1. The molecule has 2 aromatic carbocycles. The number of aromatic nitrogens is 1. The minimum atomic E-state index is -0.130. The first kappa shape index (κ1) is 18.9. The predicted octanol–water partition coefficient (Wildman–Crippen LogP) is 4.04. The van der Waals surface area contributed by atoms with Gasteiger partial charge in [0.1, 0.15) is 0 Å². The van der Waals surface area contributed by atoms with Crippen LogP contribution in [0.25, 0.3) is 10.9 Å². The molecule has 1 amide bonds. The van der Waals surface area contributed by atoms with E-state index in [-0.39, 0.29) is 11.5 Å². The van der Waals surface area contributed by atoms with Crippen molar-refractivity contribution in [3.63, 3.8) is 0 Å². The molecule has 4 heteroatoms. The first-order chi connectivity index (χ1) is 12.8. The third-order valence-corrected chi connectivity index (χ3v) is 4.95. The fourth-order valence-corrected chi connectivity index (χ4v) is 3.52. The highest BCUT2D eigenvalue weighted by Crippen LogP contribution is 2.19. The van der Waals surface area contributed by atoms with E-state index in [2.05, 4.69) is 36.2 Å². The highest BCUT2D eigenvalue weighted by atomic mass is 16.2. The third-order valence-electron chi connectivity index (χ3n) is 4.95. The standard InChI is InChI=1S/C23H26N2O2/c1-15-6-5-7-19(11-15)8-9-25(18(4)26)14-20-13-21-17(3)10-16(2)12-22(21)24-23(20)27/h5-7,10-13H,8-9,14H2,1-4H3,(H,24,27). The van der Waals surface area contributed by atoms with Gasteiger partial charge in [0.05, 0.1) is 6.54 Å². The average molecular weight is 362 g/mol. The Balaban J connectivity index is 1.85. The van der Waals surface area contributed by atoms with Crippen molar-refractivity contribution in [1.82, 2.24) is 9.88 Å². The van der Waals surface area contributed by atoms with Gasteiger partial charge in [0, 0.05) is 29.9 Å². The lowest BCUT2D eigenvalue weighted by molar-refractivity contribution is -0.129. The van der Waals surface area contributed by atoms with Crippen LogP contribution >= 0.6 is 0 Å². The van der Waals surface area contributed by atoms with Crippen molar-refractivity contribution in [2.45, 2.75) is 40.7 Å². The lowest BCUT2D eigenvalue weighted by Crippen LogP contribution is -2.32. The molecule has 0 radical (unpaired) electrons. The fraction of sp³-hybridized carbons (Fsp3) is 0.304. The molecule has 4 nitrogen and oxygen atoms in total. The SMILES string of the molecule is CC(=O)N(CCc1cccc(C)c1)Cc1cc2c(C)cc(C)cc2[nH]c1=O. The molecule has 1 aromatic heterocycles. The van der Waals surface area contributed by atoms with Gasteiger partial charge < -0.3 is 9.88 Å². The van der Waals surface area contributed by atoms with Crippen LogP contribution < -0.4 is 5.56 Å². The van der Waals surface area contributed by atoms with Crippen molar-refractivity contribution >= 4 is 16.8 Å². The van der Waals surface area contributed by atoms with Crippen molar-refractivity contribution < 1.29 is 4.79 Å². The van der Waals surface area contributed by atoms with Crippen molar-refractivity contribution in [3.8, 4) is 0 Å². The zero-order chi connectivity index (χ0) is 19.6. The first-order valence-electron chi connectivity index (χ1n) is 9.27. The number of amides is 1. The molecule has 0 aliphatic rings. The van der Waals surface area contributed by atoms with Gasteiger partial charge >= 0.3 is 0 Å². The second-order valence-electron chi connectivity index (χ2n) is 7.35. The van der Waals surface area contributed by atoms with Crippen LogP contribution in [-0.2, 0) is 17.8 Å². The molecular weight excluding hydrogens is 336 g/mol. The summed E-state index contributed by atoms with van der Waals surface area (Å²) in [5, 5.41) is 1.03. The van der Waals surface area contributed by atoms with E-state index in [1.807, 2.05) is 32.0 Å². The smallest absolute Gasteiger partial charge is 0.253 e. The van der Waals surface area contributed by atoms with E-state index in [1.165, 1.54) is 11.1 Å². The maximum atomic E-state index is 12.5. The fourth-order valence-electron chi connectivity index (χ4n) is 3.52. The molecule has 140 valence electrons. The summed E-state index contributed by atoms with van der Waals surface area (Å²) in [6, 6.07) is 14.3. The topological polar surface area (TPSA) is 53.2 Å². The quantitative estimate of drug-likeness (QED) is 0.745. The summed E-state index contributed by atoms with van der Waals surface area (Å²) in [6.45, 7) is 8.58. The third kappa shape index (κ3) is 4.45. The molecule has 0 aliphatic carbocycles. The highest BCUT2D eigenvalue weighted by molar-refractivity contribution is 5.83. The van der Waals surface area contributed by atoms with Crippen molar-refractivity contribution in [2.75, 3.05) is 6.54 Å². The minimum Gasteiger partial charge on any atom is -0.338 e. The summed E-state index contributed by atoms with van der Waals surface area (Å²) in [5.41, 5.74) is 5.97. The number of aryl methyl sites for hydroxylation is 3. The van der Waals surface area contributed by atoms with Gasteiger partial charge in [0.2, 0.25) is 5.91 Å². The Morgan fingerprint density at radius 1 is 1.04 bits per heavy atom. The van der Waals surface area contributed by atoms with Crippen LogP contribution in [0.2, 0.25) is 0 Å². The number of benzene rings is 2. The summed E-state index contributed by atoms with van der Waals surface area (Å²) in [7, 11) is 0. The van der Waals surface area contributed by atoms with Crippen LogP contribution in [0.5, 0.6) is 0 Å². The van der Waals surface area contributed by atoms with Crippen molar-refractivity contribution in [3.05, 3.63) is 80.6 Å². The summed E-state index contributed by atoms with van der Waals surface area (Å²) in [5.74, 6) is -0.0252. The molecule has 0 fully saturated rings. The average Bonchev–Trinajstić information content (AvgIpc) is 2.59. The molecule has 1 heterocycles. The molecular formula is C23H26N2O2. The number of H-pyrrole nitrogens is 1. The highest BCUT2D eigenvalue weighted by Gasteiger charge is 2.13. The molecule has 3 rings (SSSR count). The lowest BCUT2D eigenvalue weighted by Gasteiger charge is -2.21. The van der Waals surface area contributed by atoms with Crippen LogP contribution in [0.15, 0.2) is 47.3 Å². The van der Waals surface area contributed by atoms with Crippen LogP contribution in [0.3, 0.4) is 0 Å². The van der Waals surface area contributed by atoms with Crippen LogP contribution in [-0.4, -0.2) is 22.3 Å². The number of carbonyl (C=O) groups is 1. The van der Waals surface area contributed by atoms with E-state index in [9.17, 15) is 9.59 Å². The largest absolute Gasteiger partial charge is 0.338 e. The van der Waals surface area contributed by atoms with Gasteiger partial charge in [-0.15, -0.1) is 0 Å². The number of fused-ring (bicyclic) bond motifs is 1. The molecule has 0 spiro atoms. The summed E-state index contributed by atoms with van der Waals surface area (Å²) in [4.78, 5) is 29.4. The molecule has 0 saturated carbocycles. The van der Waals surface area contributed by atoms with Gasteiger partial charge in [-0.2, -0.15) is 0 Å². The maximum absolute atomic E-state index is 12.5. The van der Waals surface area contributed by atoms with Gasteiger partial charge in [-0.1, -0.05) is 35.9 Å². The maximum Gasteiger partial charge on any atom is 0.253 e. The lowest BCUT2D eigenvalue weighted by atomic mass is 10.0. The Bertz CT molecular complexity index is 1050. The number of pyridine rings is 1. The Labute approximate surface area is 159 Å². The predicted molar refractivity (Wildman–Crippen MR) is 110 cm³/mol. The Morgan fingerprint density at radius 3 is 2.52 bits per heavy atom. The number of rotatable bonds is 5. The summed E-state index contributed by atoms with van der Waals surface area (Å²) < 4.78 is 0. The van der Waals surface area contributed by atoms with Gasteiger partial charge in [0.25, 0.3) is 5.56 Å². The Kier molecular flexibility index (Phi) is 5.45. The number of nitrogens with one attached hydrogen (secondary N) is 1. The number of carbonyl (C=O) groups excluding carboxylic acids is 1. The van der Waals surface area contributed by atoms with Gasteiger partial charge in [-0.3, -0.25) is 9.59 Å². The van der Waals surface area contributed by atoms with Crippen LogP contribution in [0, 0.1) is 20.8 Å². The van der Waals surface area contributed by atoms with Crippen molar-refractivity contribution in [2.24, 2.45) is 0 Å². The Hall–Kier alpha value is -2.88. The van der Waals surface area contributed by atoms with E-state index >= 15 is 0 Å². The monoisotopic (exact) mass is 362 g/mol. The van der Waals surface area contributed by atoms with Crippen LogP contribution in [0.1, 0.15) is 34.7 Å². The molecule has 0 unspecified atom stereocenters. The molecule has 0 atom stereocenters. The molecule has 0 aliphatic heterocycles. The summed E-state index contributed by atoms with van der Waals surface area (Å²) >= 11 is 0. The van der Waals surface area contributed by atoms with E-state index < -0.39 is 0 Å². The normalized spacial score (nSPS) is 11.0. The summed E-state index contributed by atoms with van der Waals surface area (Å²) in [6.07, 6.45) is 0.769. The molecule has 3 aromatic rings. The second-order valence-corrected chi connectivity index (χ2v) is 7.35. The van der Waals surface area contributed by atoms with E-state index in [0.717, 1.165) is 28.5 Å². The van der Waals surface area contributed by atoms with E-state index in [0.29, 0.717) is 18.7 Å². The number of aromatic amines is 1. The molecule has 27 heavy (non-hydrogen) atoms. The second kappa shape index (κ2) is 7.78. The zero-order valence-electron chi connectivity index (χ0n) is 16.4. The Morgan fingerprint density at radius 2 is 1.81 bits per heavy atom. The molecule has 0 saturated heterocycles. The van der Waals surface area contributed by atoms with Gasteiger partial charge in [-0.25, -0.2) is 0 Å². The zero-order valence-corrected chi connectivity index (χ0v) is 16.4. The molecule has 0 bridgehead atoms. The van der Waals surface area contributed by atoms with Gasteiger partial charge in [-0.05, 0) is 56.0 Å². The van der Waals surface area contributed by atoms with E-state index in [1.54, 1.807) is 11.8 Å². The van der Waals surface area contributed by atoms with Gasteiger partial charge in [0.15, 0.2) is 0 Å². The van der Waals surface area contributed by atoms with Crippen molar-refractivity contribution in [1.29, 1.82) is 0 Å². The van der Waals surface area contributed by atoms with E-state index in [4.69, 9.17) is 0 Å². The number of hydrogen-bond acceptors (Lipinski definition) is 2. The van der Waals surface area contributed by atoms with Crippen LogP contribution in [0.4, 0.5) is 0 Å². The number of nitrogens with zero attached hydrogens (tertiary/aromatic N) is 1. The molecule has 1 N–H and O–H groups in total.